The Kier molecular flexibility index (Phi) is 19.2. The quantitative estimate of drug-likeness (QED) is 0.153. The van der Waals surface area contributed by atoms with E-state index in [4.69, 9.17) is 4.74 Å². The summed E-state index contributed by atoms with van der Waals surface area (Å²) < 4.78 is 5.86. The van der Waals surface area contributed by atoms with Crippen molar-refractivity contribution in [3.05, 3.63) is 102 Å². The summed E-state index contributed by atoms with van der Waals surface area (Å²) in [5.74, 6) is 0.510. The third-order valence-corrected chi connectivity index (χ3v) is 7.81. The highest BCUT2D eigenvalue weighted by Crippen LogP contribution is 2.24. The zero-order valence-electron chi connectivity index (χ0n) is 30.2. The Morgan fingerprint density at radius 1 is 1.05 bits per heavy atom. The fourth-order valence-electron chi connectivity index (χ4n) is 4.47. The summed E-state index contributed by atoms with van der Waals surface area (Å²) in [5.41, 5.74) is 8.07. The van der Waals surface area contributed by atoms with Gasteiger partial charge in [-0.2, -0.15) is 0 Å². The fraction of sp³-hybridized carbons (Fsp3) is 0.561. The summed E-state index contributed by atoms with van der Waals surface area (Å²) in [5, 5.41) is 3.67. The van der Waals surface area contributed by atoms with Crippen LogP contribution in [0.3, 0.4) is 0 Å². The van der Waals surface area contributed by atoms with Crippen molar-refractivity contribution in [1.82, 2.24) is 5.32 Å². The van der Waals surface area contributed by atoms with Crippen LogP contribution in [0.1, 0.15) is 119 Å². The van der Waals surface area contributed by atoms with Crippen molar-refractivity contribution < 1.29 is 4.74 Å². The van der Waals surface area contributed by atoms with Crippen LogP contribution in [0.15, 0.2) is 85.7 Å². The first-order chi connectivity index (χ1) is 20.0. The maximum atomic E-state index is 5.86. The number of allylic oxidation sites excluding steroid dienone is 7. The van der Waals surface area contributed by atoms with Crippen LogP contribution >= 0.6 is 0 Å². The van der Waals surface area contributed by atoms with E-state index in [9.17, 15) is 0 Å². The van der Waals surface area contributed by atoms with Crippen molar-refractivity contribution in [3.8, 4) is 0 Å². The molecule has 1 aromatic rings. The molecule has 0 bridgehead atoms. The highest BCUT2D eigenvalue weighted by molar-refractivity contribution is 5.74. The molecule has 0 fully saturated rings. The minimum Gasteiger partial charge on any atom is -0.380 e. The first kappa shape index (κ1) is 40.4. The first-order valence-electron chi connectivity index (χ1n) is 16.4. The molecule has 0 heterocycles. The number of hydrogen-bond donors (Lipinski definition) is 1. The Morgan fingerprint density at radius 2 is 1.67 bits per heavy atom. The third kappa shape index (κ3) is 18.0. The van der Waals surface area contributed by atoms with Crippen molar-refractivity contribution in [2.24, 2.45) is 16.7 Å². The van der Waals surface area contributed by atoms with E-state index in [2.05, 4.69) is 144 Å². The van der Waals surface area contributed by atoms with Gasteiger partial charge in [-0.05, 0) is 85.0 Å². The van der Waals surface area contributed by atoms with Crippen LogP contribution in [0, 0.1) is 16.7 Å². The molecule has 0 aliphatic heterocycles. The van der Waals surface area contributed by atoms with Crippen LogP contribution in [0.2, 0.25) is 0 Å². The maximum absolute atomic E-state index is 5.86. The molecule has 2 nitrogen and oxygen atoms in total. The molecule has 0 amide bonds. The topological polar surface area (TPSA) is 21.3 Å². The molecule has 0 aromatic heterocycles. The predicted molar refractivity (Wildman–Crippen MR) is 196 cm³/mol. The minimum atomic E-state index is -0.0247. The molecule has 0 saturated carbocycles. The van der Waals surface area contributed by atoms with Gasteiger partial charge in [-0.25, -0.2) is 0 Å². The van der Waals surface area contributed by atoms with E-state index in [-0.39, 0.29) is 17.6 Å². The maximum Gasteiger partial charge on any atom is 0.0962 e. The van der Waals surface area contributed by atoms with Gasteiger partial charge >= 0.3 is 0 Å². The fourth-order valence-corrected chi connectivity index (χ4v) is 4.47. The van der Waals surface area contributed by atoms with Gasteiger partial charge < -0.3 is 10.1 Å². The highest BCUT2D eigenvalue weighted by atomic mass is 16.5. The van der Waals surface area contributed by atoms with E-state index >= 15 is 0 Å². The van der Waals surface area contributed by atoms with E-state index in [0.29, 0.717) is 11.3 Å². The van der Waals surface area contributed by atoms with Gasteiger partial charge in [-0.1, -0.05) is 149 Å². The highest BCUT2D eigenvalue weighted by Gasteiger charge is 2.20. The summed E-state index contributed by atoms with van der Waals surface area (Å²) >= 11 is 0. The summed E-state index contributed by atoms with van der Waals surface area (Å²) in [7, 11) is 1.78. The molecule has 3 unspecified atom stereocenters. The molecule has 0 radical (unpaired) electrons. The Labute approximate surface area is 268 Å². The molecule has 3 atom stereocenters. The number of benzene rings is 1. The minimum absolute atomic E-state index is 0.0247. The lowest BCUT2D eigenvalue weighted by Crippen LogP contribution is -2.35. The Morgan fingerprint density at radius 3 is 2.14 bits per heavy atom. The van der Waals surface area contributed by atoms with Gasteiger partial charge in [-0.15, -0.1) is 0 Å². The average molecular weight is 590 g/mol. The largest absolute Gasteiger partial charge is 0.380 e. The van der Waals surface area contributed by atoms with E-state index in [1.54, 1.807) is 7.11 Å². The molecule has 2 heteroatoms. The van der Waals surface area contributed by atoms with Crippen LogP contribution < -0.4 is 5.32 Å². The van der Waals surface area contributed by atoms with Gasteiger partial charge in [0.25, 0.3) is 0 Å². The standard InChI is InChI=1S/C35H53NO.C6H14/c1-12-15-18-29(13-2)31-20-19-30(14-3)32(25-31)21-22-33(26(4)5)36-28(7)34(37-11)24-27(6)17-16-23-35(8,9)10;1-5-6(2,3)4/h12-13,15-16,18-20,23,25,27,33-34,36H,1,4,7,14,17,21-22,24H2,2-3,5-6,8-11H3;5H2,1-4H3/b18-15-,23-16+,29-13+;. The van der Waals surface area contributed by atoms with E-state index < -0.39 is 0 Å². The van der Waals surface area contributed by atoms with E-state index in [1.165, 1.54) is 28.7 Å². The molecular formula is C41H67NO. The van der Waals surface area contributed by atoms with Gasteiger partial charge in [0.1, 0.15) is 0 Å². The van der Waals surface area contributed by atoms with Crippen molar-refractivity contribution in [2.75, 3.05) is 7.11 Å². The van der Waals surface area contributed by atoms with Crippen LogP contribution in [0.4, 0.5) is 0 Å². The summed E-state index contributed by atoms with van der Waals surface area (Å²) in [6.45, 7) is 36.8. The Balaban J connectivity index is 0.00000265. The number of hydrogen-bond acceptors (Lipinski definition) is 2. The normalized spacial score (nSPS) is 14.7. The zero-order valence-corrected chi connectivity index (χ0v) is 30.2. The van der Waals surface area contributed by atoms with E-state index in [0.717, 1.165) is 43.4 Å². The zero-order chi connectivity index (χ0) is 33.2. The van der Waals surface area contributed by atoms with Gasteiger partial charge in [0.15, 0.2) is 0 Å². The molecule has 0 saturated heterocycles. The van der Waals surface area contributed by atoms with E-state index in [1.807, 2.05) is 12.2 Å². The molecule has 0 spiro atoms. The molecular weight excluding hydrogens is 522 g/mol. The molecule has 0 aliphatic rings. The Bertz CT molecular complexity index is 1070. The Hall–Kier alpha value is -2.58. The van der Waals surface area contributed by atoms with Crippen LogP contribution in [-0.4, -0.2) is 19.3 Å². The van der Waals surface area contributed by atoms with Crippen molar-refractivity contribution in [3.63, 3.8) is 0 Å². The lowest BCUT2D eigenvalue weighted by atomic mass is 9.92. The second-order valence-electron chi connectivity index (χ2n) is 14.3. The number of ether oxygens (including phenoxy) is 1. The molecule has 43 heavy (non-hydrogen) atoms. The monoisotopic (exact) mass is 590 g/mol. The number of nitrogens with one attached hydrogen (secondary N) is 1. The van der Waals surface area contributed by atoms with Crippen molar-refractivity contribution in [2.45, 2.75) is 127 Å². The summed E-state index contributed by atoms with van der Waals surface area (Å²) in [6, 6.07) is 6.99. The molecule has 1 N–H and O–H groups in total. The van der Waals surface area contributed by atoms with Gasteiger partial charge in [0, 0.05) is 18.8 Å². The number of methoxy groups -OCH3 is 1. The number of aryl methyl sites for hydroxylation is 2. The van der Waals surface area contributed by atoms with Crippen LogP contribution in [-0.2, 0) is 17.6 Å². The third-order valence-electron chi connectivity index (χ3n) is 7.81. The van der Waals surface area contributed by atoms with Crippen LogP contribution in [0.5, 0.6) is 0 Å². The average Bonchev–Trinajstić information content (AvgIpc) is 2.93. The number of rotatable bonds is 16. The van der Waals surface area contributed by atoms with Gasteiger partial charge in [-0.3, -0.25) is 0 Å². The molecule has 1 aromatic carbocycles. The lowest BCUT2D eigenvalue weighted by Gasteiger charge is -2.28. The van der Waals surface area contributed by atoms with Gasteiger partial charge in [0.2, 0.25) is 0 Å². The van der Waals surface area contributed by atoms with Crippen molar-refractivity contribution in [1.29, 1.82) is 0 Å². The second-order valence-corrected chi connectivity index (χ2v) is 14.3. The SMILES string of the molecule is C=C/C=C\C(=C/C)c1ccc(CC)c(CCC(NC(=C)C(CC(C)C/C=C/C(C)(C)C)OC)C(=C)C)c1.CCC(C)(C)C. The summed E-state index contributed by atoms with van der Waals surface area (Å²) in [4.78, 5) is 0. The summed E-state index contributed by atoms with van der Waals surface area (Å²) in [6.07, 6.45) is 18.8. The molecule has 0 aliphatic carbocycles. The molecule has 242 valence electrons. The van der Waals surface area contributed by atoms with Crippen LogP contribution in [0.25, 0.3) is 5.57 Å². The van der Waals surface area contributed by atoms with Crippen molar-refractivity contribution >= 4 is 5.57 Å². The lowest BCUT2D eigenvalue weighted by molar-refractivity contribution is 0.104. The molecule has 1 rings (SSSR count). The second kappa shape index (κ2) is 20.4. The smallest absolute Gasteiger partial charge is 0.0962 e. The predicted octanol–water partition coefficient (Wildman–Crippen LogP) is 11.9. The first-order valence-corrected chi connectivity index (χ1v) is 16.4. The van der Waals surface area contributed by atoms with Gasteiger partial charge in [0.05, 0.1) is 6.10 Å².